The van der Waals surface area contributed by atoms with Crippen molar-refractivity contribution in [2.75, 3.05) is 19.0 Å². The highest BCUT2D eigenvalue weighted by Crippen LogP contribution is 2.27. The average molecular weight is 148 g/mol. The highest BCUT2D eigenvalue weighted by atomic mass is 35.5. The summed E-state index contributed by atoms with van der Waals surface area (Å²) < 4.78 is 0. The van der Waals surface area contributed by atoms with Crippen LogP contribution in [0.15, 0.2) is 0 Å². The third-order valence-corrected chi connectivity index (χ3v) is 1.88. The lowest BCUT2D eigenvalue weighted by Gasteiger charge is -1.98. The maximum absolute atomic E-state index is 5.49. The predicted octanol–water partition coefficient (Wildman–Crippen LogP) is 1.61. The van der Waals surface area contributed by atoms with E-state index >= 15 is 0 Å². The van der Waals surface area contributed by atoms with Crippen LogP contribution in [-0.2, 0) is 0 Å². The van der Waals surface area contributed by atoms with Gasteiger partial charge in [0.2, 0.25) is 0 Å². The summed E-state index contributed by atoms with van der Waals surface area (Å²) >= 11 is 5.49. The molecular weight excluding hydrogens is 134 g/mol. The van der Waals surface area contributed by atoms with Crippen LogP contribution in [0.25, 0.3) is 0 Å². The molecule has 1 aliphatic carbocycles. The fourth-order valence-corrected chi connectivity index (χ4v) is 0.954. The van der Waals surface area contributed by atoms with Gasteiger partial charge in [-0.05, 0) is 38.3 Å². The molecule has 0 amide bonds. The molecule has 0 aliphatic heterocycles. The van der Waals surface area contributed by atoms with E-state index in [0.29, 0.717) is 0 Å². The molecule has 0 heterocycles. The smallest absolute Gasteiger partial charge is 0.0235 e. The first-order valence-corrected chi connectivity index (χ1v) is 4.23. The number of rotatable bonds is 5. The number of hydrogen-bond donors (Lipinski definition) is 1. The van der Waals surface area contributed by atoms with Gasteiger partial charge in [0.25, 0.3) is 0 Å². The number of halogens is 1. The molecular formula is C7H14ClN. The maximum atomic E-state index is 5.49. The molecule has 0 bridgehead atoms. The molecule has 0 aromatic carbocycles. The van der Waals surface area contributed by atoms with Gasteiger partial charge in [-0.15, -0.1) is 11.6 Å². The van der Waals surface area contributed by atoms with Gasteiger partial charge in [0.1, 0.15) is 0 Å². The summed E-state index contributed by atoms with van der Waals surface area (Å²) in [7, 11) is 0. The van der Waals surface area contributed by atoms with Crippen molar-refractivity contribution in [3.63, 3.8) is 0 Å². The van der Waals surface area contributed by atoms with Crippen molar-refractivity contribution >= 4 is 11.6 Å². The zero-order chi connectivity index (χ0) is 6.53. The minimum Gasteiger partial charge on any atom is -0.316 e. The molecule has 1 N–H and O–H groups in total. The van der Waals surface area contributed by atoms with E-state index in [-0.39, 0.29) is 0 Å². The zero-order valence-electron chi connectivity index (χ0n) is 5.70. The molecule has 0 unspecified atom stereocenters. The summed E-state index contributed by atoms with van der Waals surface area (Å²) in [5.41, 5.74) is 0. The van der Waals surface area contributed by atoms with E-state index in [9.17, 15) is 0 Å². The minimum absolute atomic E-state index is 0.789. The first-order valence-electron chi connectivity index (χ1n) is 3.70. The minimum atomic E-state index is 0.789. The molecule has 2 heteroatoms. The summed E-state index contributed by atoms with van der Waals surface area (Å²) in [4.78, 5) is 0. The van der Waals surface area contributed by atoms with Crippen molar-refractivity contribution in [2.24, 2.45) is 5.92 Å². The van der Waals surface area contributed by atoms with E-state index in [4.69, 9.17) is 11.6 Å². The van der Waals surface area contributed by atoms with Gasteiger partial charge in [0, 0.05) is 5.88 Å². The monoisotopic (exact) mass is 147 g/mol. The summed E-state index contributed by atoms with van der Waals surface area (Å²) in [5.74, 6) is 1.79. The Labute approximate surface area is 61.8 Å². The van der Waals surface area contributed by atoms with Crippen LogP contribution in [0.4, 0.5) is 0 Å². The van der Waals surface area contributed by atoms with Gasteiger partial charge in [-0.1, -0.05) is 0 Å². The summed E-state index contributed by atoms with van der Waals surface area (Å²) in [6.07, 6.45) is 3.98. The number of alkyl halides is 1. The van der Waals surface area contributed by atoms with Gasteiger partial charge < -0.3 is 5.32 Å². The molecule has 54 valence electrons. The number of hydrogen-bond acceptors (Lipinski definition) is 1. The van der Waals surface area contributed by atoms with Gasteiger partial charge in [-0.25, -0.2) is 0 Å². The average Bonchev–Trinajstić information content (AvgIpc) is 2.63. The normalized spacial score (nSPS) is 18.3. The summed E-state index contributed by atoms with van der Waals surface area (Å²) in [6.45, 7) is 2.32. The molecule has 0 aromatic heterocycles. The first-order chi connectivity index (χ1) is 4.43. The van der Waals surface area contributed by atoms with Crippen molar-refractivity contribution in [3.05, 3.63) is 0 Å². The van der Waals surface area contributed by atoms with E-state index in [1.165, 1.54) is 19.4 Å². The first kappa shape index (κ1) is 7.36. The lowest BCUT2D eigenvalue weighted by atomic mass is 10.4. The number of nitrogens with one attached hydrogen (secondary N) is 1. The quantitative estimate of drug-likeness (QED) is 0.460. The van der Waals surface area contributed by atoms with Crippen LogP contribution >= 0.6 is 11.6 Å². The molecule has 9 heavy (non-hydrogen) atoms. The van der Waals surface area contributed by atoms with E-state index in [0.717, 1.165) is 24.8 Å². The highest BCUT2D eigenvalue weighted by Gasteiger charge is 2.19. The van der Waals surface area contributed by atoms with E-state index < -0.39 is 0 Å². The Morgan fingerprint density at radius 1 is 1.44 bits per heavy atom. The van der Waals surface area contributed by atoms with Gasteiger partial charge in [-0.2, -0.15) is 0 Å². The Balaban J connectivity index is 1.71. The molecule has 1 aliphatic rings. The van der Waals surface area contributed by atoms with Gasteiger partial charge >= 0.3 is 0 Å². The fourth-order valence-electron chi connectivity index (χ4n) is 0.820. The Morgan fingerprint density at radius 2 is 2.22 bits per heavy atom. The largest absolute Gasteiger partial charge is 0.316 e. The fraction of sp³-hybridized carbons (Fsp3) is 1.00. The van der Waals surface area contributed by atoms with E-state index in [2.05, 4.69) is 5.32 Å². The lowest BCUT2D eigenvalue weighted by molar-refractivity contribution is 0.631. The molecule has 0 saturated heterocycles. The topological polar surface area (TPSA) is 12.0 Å². The summed E-state index contributed by atoms with van der Waals surface area (Å²) in [6, 6.07) is 0. The Hall–Kier alpha value is 0.250. The maximum Gasteiger partial charge on any atom is 0.0235 e. The second kappa shape index (κ2) is 4.13. The SMILES string of the molecule is ClCCCNCC1CC1. The van der Waals surface area contributed by atoms with Crippen LogP contribution in [0.1, 0.15) is 19.3 Å². The van der Waals surface area contributed by atoms with E-state index in [1.807, 2.05) is 0 Å². The van der Waals surface area contributed by atoms with Gasteiger partial charge in [0.15, 0.2) is 0 Å². The van der Waals surface area contributed by atoms with Crippen molar-refractivity contribution in [2.45, 2.75) is 19.3 Å². The lowest BCUT2D eigenvalue weighted by Crippen LogP contribution is -2.18. The highest BCUT2D eigenvalue weighted by molar-refractivity contribution is 6.17. The molecule has 1 rings (SSSR count). The molecule has 0 radical (unpaired) electrons. The van der Waals surface area contributed by atoms with Gasteiger partial charge in [0.05, 0.1) is 0 Å². The van der Waals surface area contributed by atoms with E-state index in [1.54, 1.807) is 0 Å². The third-order valence-electron chi connectivity index (χ3n) is 1.62. The van der Waals surface area contributed by atoms with Crippen molar-refractivity contribution in [3.8, 4) is 0 Å². The Kier molecular flexibility index (Phi) is 3.37. The van der Waals surface area contributed by atoms with Crippen LogP contribution in [0.5, 0.6) is 0 Å². The van der Waals surface area contributed by atoms with Crippen molar-refractivity contribution in [1.29, 1.82) is 0 Å². The van der Waals surface area contributed by atoms with Gasteiger partial charge in [-0.3, -0.25) is 0 Å². The van der Waals surface area contributed by atoms with Crippen LogP contribution in [0.3, 0.4) is 0 Å². The molecule has 1 nitrogen and oxygen atoms in total. The molecule has 1 saturated carbocycles. The van der Waals surface area contributed by atoms with Crippen LogP contribution in [0.2, 0.25) is 0 Å². The standard InChI is InChI=1S/C7H14ClN/c8-4-1-5-9-6-7-2-3-7/h7,9H,1-6H2. The predicted molar refractivity (Wildman–Crippen MR) is 40.9 cm³/mol. The van der Waals surface area contributed by atoms with Crippen molar-refractivity contribution in [1.82, 2.24) is 5.32 Å². The summed E-state index contributed by atoms with van der Waals surface area (Å²) in [5, 5.41) is 3.36. The second-order valence-corrected chi connectivity index (χ2v) is 3.07. The zero-order valence-corrected chi connectivity index (χ0v) is 6.45. The van der Waals surface area contributed by atoms with Crippen LogP contribution in [-0.4, -0.2) is 19.0 Å². The molecule has 1 fully saturated rings. The Bertz CT molecular complexity index is 71.3. The third kappa shape index (κ3) is 3.77. The molecule has 0 atom stereocenters. The Morgan fingerprint density at radius 3 is 2.78 bits per heavy atom. The van der Waals surface area contributed by atoms with Crippen LogP contribution in [0, 0.1) is 5.92 Å². The molecule has 0 spiro atoms. The molecule has 0 aromatic rings. The van der Waals surface area contributed by atoms with Crippen LogP contribution < -0.4 is 5.32 Å². The van der Waals surface area contributed by atoms with Crippen molar-refractivity contribution < 1.29 is 0 Å². The second-order valence-electron chi connectivity index (χ2n) is 2.69.